The Bertz CT molecular complexity index is 1560. The minimum absolute atomic E-state index is 0.0469. The fraction of sp³-hybridized carbons (Fsp3) is 0.343. The van der Waals surface area contributed by atoms with Crippen molar-refractivity contribution in [2.45, 2.75) is 65.0 Å². The zero-order chi connectivity index (χ0) is 28.4. The minimum Gasteiger partial charge on any atom is -0.352 e. The Kier molecular flexibility index (Phi) is 6.10. The molecule has 1 amide bonds. The fourth-order valence-electron chi connectivity index (χ4n) is 7.05. The molecule has 3 aromatic rings. The molecule has 204 valence electrons. The highest BCUT2D eigenvalue weighted by atomic mass is 16.2. The minimum atomic E-state index is -1.26. The van der Waals surface area contributed by atoms with Gasteiger partial charge in [-0.3, -0.25) is 14.4 Å². The summed E-state index contributed by atoms with van der Waals surface area (Å²) in [4.78, 5) is 45.7. The summed E-state index contributed by atoms with van der Waals surface area (Å²) in [6.07, 6.45) is 6.02. The first-order valence-electron chi connectivity index (χ1n) is 14.2. The number of para-hydroxylation sites is 1. The molecule has 3 aromatic carbocycles. The molecule has 0 bridgehead atoms. The number of benzene rings is 3. The molecule has 0 aliphatic carbocycles. The van der Waals surface area contributed by atoms with Gasteiger partial charge < -0.3 is 10.2 Å². The highest BCUT2D eigenvalue weighted by Gasteiger charge is 2.70. The molecule has 1 saturated heterocycles. The van der Waals surface area contributed by atoms with Gasteiger partial charge in [0, 0.05) is 22.4 Å². The van der Waals surface area contributed by atoms with Gasteiger partial charge in [-0.1, -0.05) is 100 Å². The van der Waals surface area contributed by atoms with Crippen LogP contribution in [0.4, 0.5) is 11.4 Å². The van der Waals surface area contributed by atoms with Gasteiger partial charge >= 0.3 is 0 Å². The maximum absolute atomic E-state index is 14.8. The van der Waals surface area contributed by atoms with Crippen LogP contribution in [-0.4, -0.2) is 29.6 Å². The number of carbonyl (C=O) groups excluding carboxylic acids is 3. The second-order valence-corrected chi connectivity index (χ2v) is 12.5. The molecule has 40 heavy (non-hydrogen) atoms. The van der Waals surface area contributed by atoms with E-state index in [1.54, 1.807) is 0 Å². The van der Waals surface area contributed by atoms with Crippen LogP contribution in [0.5, 0.6) is 0 Å². The quantitative estimate of drug-likeness (QED) is 0.379. The predicted octanol–water partition coefficient (Wildman–Crippen LogP) is 6.54. The number of amides is 1. The zero-order valence-corrected chi connectivity index (χ0v) is 23.8. The lowest BCUT2D eigenvalue weighted by Crippen LogP contribution is -2.51. The molecule has 1 fully saturated rings. The Balaban J connectivity index is 1.64. The number of anilines is 2. The maximum atomic E-state index is 14.8. The summed E-state index contributed by atoms with van der Waals surface area (Å²) in [6.45, 7) is 9.86. The number of hydrogen-bond donors (Lipinski definition) is 1. The molecule has 3 aliphatic heterocycles. The van der Waals surface area contributed by atoms with Crippen LogP contribution in [0.3, 0.4) is 0 Å². The molecule has 4 atom stereocenters. The number of aryl methyl sites for hydroxylation is 2. The van der Waals surface area contributed by atoms with E-state index in [2.05, 4.69) is 23.2 Å². The Morgan fingerprint density at radius 1 is 1.00 bits per heavy atom. The second kappa shape index (κ2) is 9.29. The highest BCUT2D eigenvalue weighted by Crippen LogP contribution is 2.58. The van der Waals surface area contributed by atoms with E-state index in [0.29, 0.717) is 11.3 Å². The van der Waals surface area contributed by atoms with E-state index < -0.39 is 28.8 Å². The Labute approximate surface area is 236 Å². The van der Waals surface area contributed by atoms with Crippen LogP contribution in [0.15, 0.2) is 72.8 Å². The van der Waals surface area contributed by atoms with E-state index in [9.17, 15) is 14.4 Å². The van der Waals surface area contributed by atoms with E-state index in [1.165, 1.54) is 0 Å². The van der Waals surface area contributed by atoms with Crippen LogP contribution < -0.4 is 10.2 Å². The van der Waals surface area contributed by atoms with E-state index in [4.69, 9.17) is 0 Å². The molecule has 1 spiro atoms. The van der Waals surface area contributed by atoms with E-state index in [0.717, 1.165) is 40.8 Å². The van der Waals surface area contributed by atoms with Crippen molar-refractivity contribution in [3.05, 3.63) is 101 Å². The summed E-state index contributed by atoms with van der Waals surface area (Å²) in [5.74, 6) is -1.36. The molecular weight excluding hydrogens is 496 g/mol. The lowest BCUT2D eigenvalue weighted by atomic mass is 9.63. The molecule has 5 nitrogen and oxygen atoms in total. The van der Waals surface area contributed by atoms with Crippen LogP contribution in [0.25, 0.3) is 6.08 Å². The number of nitrogens with zero attached hydrogens (tertiary/aromatic N) is 1. The lowest BCUT2D eigenvalue weighted by Gasteiger charge is -2.38. The van der Waals surface area contributed by atoms with Crippen molar-refractivity contribution >= 4 is 34.9 Å². The molecular formula is C35H36N2O3. The standard InChI is InChI=1S/C35H36N2O3/c1-6-9-22-13-15-23(16-14-22)31(38)29-30(32(39)34(3,4)5)37-27-18-12-21(2)20-24(27)17-19-28(37)35(29)25-10-7-8-11-26(25)36-33(35)40/h7-8,10-20,28-30H,6,9H2,1-5H3,(H,36,40)/t28-,29-,30+,35-/m0/s1. The SMILES string of the molecule is CCCc1ccc(C(=O)[C@@H]2[C@H](C(=O)C(C)(C)C)N3c4ccc(C)cc4C=C[C@H]3[C@]23C(=O)Nc2ccccc23)cc1. The van der Waals surface area contributed by atoms with Crippen LogP contribution in [0, 0.1) is 18.3 Å². The summed E-state index contributed by atoms with van der Waals surface area (Å²) in [7, 11) is 0. The van der Waals surface area contributed by atoms with E-state index in [-0.39, 0.29) is 17.5 Å². The molecule has 6 rings (SSSR count). The van der Waals surface area contributed by atoms with Crippen LogP contribution in [0.1, 0.15) is 66.7 Å². The number of carbonyl (C=O) groups is 3. The monoisotopic (exact) mass is 532 g/mol. The van der Waals surface area contributed by atoms with Crippen molar-refractivity contribution in [2.24, 2.45) is 11.3 Å². The smallest absolute Gasteiger partial charge is 0.238 e. The summed E-state index contributed by atoms with van der Waals surface area (Å²) >= 11 is 0. The topological polar surface area (TPSA) is 66.5 Å². The van der Waals surface area contributed by atoms with E-state index in [1.807, 2.05) is 101 Å². The molecule has 0 saturated carbocycles. The number of ketones is 2. The third kappa shape index (κ3) is 3.71. The van der Waals surface area contributed by atoms with Gasteiger partial charge in [-0.25, -0.2) is 0 Å². The summed E-state index contributed by atoms with van der Waals surface area (Å²) in [5, 5.41) is 3.09. The largest absolute Gasteiger partial charge is 0.352 e. The first kappa shape index (κ1) is 26.2. The van der Waals surface area contributed by atoms with Gasteiger partial charge in [0.05, 0.1) is 12.0 Å². The molecule has 3 heterocycles. The number of nitrogens with one attached hydrogen (secondary N) is 1. The van der Waals surface area contributed by atoms with Crippen molar-refractivity contribution in [1.82, 2.24) is 0 Å². The summed E-state index contributed by atoms with van der Waals surface area (Å²) in [5.41, 5.74) is 4.16. The third-order valence-electron chi connectivity index (χ3n) is 8.86. The molecule has 5 heteroatoms. The van der Waals surface area contributed by atoms with Crippen molar-refractivity contribution in [1.29, 1.82) is 0 Å². The molecule has 0 aromatic heterocycles. The van der Waals surface area contributed by atoms with Crippen LogP contribution in [-0.2, 0) is 21.4 Å². The van der Waals surface area contributed by atoms with Gasteiger partial charge in [-0.05, 0) is 48.2 Å². The van der Waals surface area contributed by atoms with Crippen molar-refractivity contribution in [3.63, 3.8) is 0 Å². The summed E-state index contributed by atoms with van der Waals surface area (Å²) < 4.78 is 0. The van der Waals surface area contributed by atoms with Crippen molar-refractivity contribution < 1.29 is 14.4 Å². The second-order valence-electron chi connectivity index (χ2n) is 12.5. The first-order valence-corrected chi connectivity index (χ1v) is 14.2. The fourth-order valence-corrected chi connectivity index (χ4v) is 7.05. The average molecular weight is 533 g/mol. The molecule has 3 aliphatic rings. The van der Waals surface area contributed by atoms with Gasteiger partial charge in [0.15, 0.2) is 11.6 Å². The Morgan fingerprint density at radius 2 is 1.73 bits per heavy atom. The highest BCUT2D eigenvalue weighted by molar-refractivity contribution is 6.17. The average Bonchev–Trinajstić information content (AvgIpc) is 3.40. The van der Waals surface area contributed by atoms with Gasteiger partial charge in [-0.15, -0.1) is 0 Å². The molecule has 0 radical (unpaired) electrons. The Hall–Kier alpha value is -3.99. The van der Waals surface area contributed by atoms with Gasteiger partial charge in [0.2, 0.25) is 5.91 Å². The number of hydrogen-bond acceptors (Lipinski definition) is 4. The molecule has 0 unspecified atom stereocenters. The first-order chi connectivity index (χ1) is 19.1. The zero-order valence-electron chi connectivity index (χ0n) is 23.8. The number of fused-ring (bicyclic) bond motifs is 6. The Morgan fingerprint density at radius 3 is 2.42 bits per heavy atom. The lowest BCUT2D eigenvalue weighted by molar-refractivity contribution is -0.128. The van der Waals surface area contributed by atoms with Crippen molar-refractivity contribution in [3.8, 4) is 0 Å². The summed E-state index contributed by atoms with van der Waals surface area (Å²) in [6, 6.07) is 20.2. The predicted molar refractivity (Wildman–Crippen MR) is 160 cm³/mol. The van der Waals surface area contributed by atoms with Crippen molar-refractivity contribution in [2.75, 3.05) is 10.2 Å². The van der Waals surface area contributed by atoms with Gasteiger partial charge in [0.1, 0.15) is 11.5 Å². The van der Waals surface area contributed by atoms with E-state index >= 15 is 0 Å². The van der Waals surface area contributed by atoms with Crippen LogP contribution >= 0.6 is 0 Å². The van der Waals surface area contributed by atoms with Gasteiger partial charge in [0.25, 0.3) is 0 Å². The number of rotatable bonds is 5. The van der Waals surface area contributed by atoms with Crippen LogP contribution in [0.2, 0.25) is 0 Å². The normalized spacial score (nSPS) is 24.5. The third-order valence-corrected chi connectivity index (χ3v) is 8.86. The molecule has 1 N–H and O–H groups in total. The van der Waals surface area contributed by atoms with Gasteiger partial charge in [-0.2, -0.15) is 0 Å². The number of Topliss-reactive ketones (excluding diaryl/α,β-unsaturated/α-hetero) is 2. The maximum Gasteiger partial charge on any atom is 0.238 e.